The second-order valence-electron chi connectivity index (χ2n) is 2.35. The molecule has 0 aromatic heterocycles. The van der Waals surface area contributed by atoms with Gasteiger partial charge in [0.15, 0.2) is 0 Å². The van der Waals surface area contributed by atoms with Crippen LogP contribution in [0.3, 0.4) is 0 Å². The first-order valence-electron chi connectivity index (χ1n) is 2.87. The third-order valence-electron chi connectivity index (χ3n) is 1.28. The highest BCUT2D eigenvalue weighted by molar-refractivity contribution is 6.65. The summed E-state index contributed by atoms with van der Waals surface area (Å²) in [5.74, 6) is 0. The zero-order valence-corrected chi connectivity index (χ0v) is 6.53. The first-order chi connectivity index (χ1) is 4.54. The fraction of sp³-hybridized carbons (Fsp3) is 0.500. The van der Waals surface area contributed by atoms with Crippen LogP contribution in [0.15, 0.2) is 12.0 Å². The van der Waals surface area contributed by atoms with E-state index in [4.69, 9.17) is 16.3 Å². The third-order valence-corrected chi connectivity index (χ3v) is 1.64. The van der Waals surface area contributed by atoms with Crippen LogP contribution < -0.4 is 5.32 Å². The maximum absolute atomic E-state index is 10.7. The van der Waals surface area contributed by atoms with Gasteiger partial charge in [0.05, 0.1) is 0 Å². The molecule has 56 valence electrons. The van der Waals surface area contributed by atoms with Crippen LogP contribution in [-0.2, 0) is 9.53 Å². The molecule has 0 bridgehead atoms. The molecule has 0 spiro atoms. The van der Waals surface area contributed by atoms with Gasteiger partial charge in [0.2, 0.25) is 0 Å². The zero-order valence-electron chi connectivity index (χ0n) is 5.77. The molecule has 0 amide bonds. The summed E-state index contributed by atoms with van der Waals surface area (Å²) < 4.78 is 4.96. The molecule has 0 aliphatic carbocycles. The van der Waals surface area contributed by atoms with Crippen molar-refractivity contribution in [3.8, 4) is 0 Å². The number of hydrogen-bond acceptors (Lipinski definition) is 3. The quantitative estimate of drug-likeness (QED) is 0.582. The number of rotatable bonds is 1. The molecule has 1 aliphatic heterocycles. The number of hydrogen-bond donors (Lipinski definition) is 1. The number of nitrogens with one attached hydrogen (secondary N) is 1. The van der Waals surface area contributed by atoms with Crippen LogP contribution in [0, 0.1) is 0 Å². The molecule has 0 saturated carbocycles. The molecule has 3 nitrogen and oxygen atoms in total. The second-order valence-corrected chi connectivity index (χ2v) is 2.69. The molecule has 0 radical (unpaired) electrons. The first kappa shape index (κ1) is 7.41. The molecule has 0 aromatic rings. The number of carbonyl (C=O) groups excluding carboxylic acids is 1. The first-order valence-corrected chi connectivity index (χ1v) is 3.25. The van der Waals surface area contributed by atoms with Crippen molar-refractivity contribution in [2.75, 3.05) is 0 Å². The lowest BCUT2D eigenvalue weighted by Crippen LogP contribution is -2.43. The van der Waals surface area contributed by atoms with Gasteiger partial charge in [-0.3, -0.25) is 4.79 Å². The van der Waals surface area contributed by atoms with Crippen molar-refractivity contribution in [1.82, 2.24) is 5.32 Å². The standard InChI is InChI=1S/C6H8ClNO2/c1-4-3-10-6(2,8-4)5(7)9/h3,8H,1-2H3. The Morgan fingerprint density at radius 3 is 2.70 bits per heavy atom. The van der Waals surface area contributed by atoms with E-state index in [-0.39, 0.29) is 0 Å². The summed E-state index contributed by atoms with van der Waals surface area (Å²) in [6.07, 6.45) is 1.47. The van der Waals surface area contributed by atoms with Crippen molar-refractivity contribution >= 4 is 16.8 Å². The molecule has 4 heteroatoms. The van der Waals surface area contributed by atoms with Gasteiger partial charge in [-0.2, -0.15) is 0 Å². The van der Waals surface area contributed by atoms with E-state index in [1.54, 1.807) is 13.8 Å². The molecule has 0 aromatic carbocycles. The predicted octanol–water partition coefficient (Wildman–Crippen LogP) is 0.949. The van der Waals surface area contributed by atoms with E-state index in [0.29, 0.717) is 0 Å². The summed E-state index contributed by atoms with van der Waals surface area (Å²) in [6.45, 7) is 3.38. The van der Waals surface area contributed by atoms with Crippen molar-refractivity contribution < 1.29 is 9.53 Å². The topological polar surface area (TPSA) is 38.3 Å². The Morgan fingerprint density at radius 2 is 2.50 bits per heavy atom. The summed E-state index contributed by atoms with van der Waals surface area (Å²) in [4.78, 5) is 10.7. The lowest BCUT2D eigenvalue weighted by molar-refractivity contribution is -0.127. The predicted molar refractivity (Wildman–Crippen MR) is 37.2 cm³/mol. The highest BCUT2D eigenvalue weighted by atomic mass is 35.5. The summed E-state index contributed by atoms with van der Waals surface area (Å²) in [7, 11) is 0. The van der Waals surface area contributed by atoms with Gasteiger partial charge in [-0.15, -0.1) is 0 Å². The molecule has 1 atom stereocenters. The fourth-order valence-electron chi connectivity index (χ4n) is 0.737. The minimum atomic E-state index is -1.05. The smallest absolute Gasteiger partial charge is 0.286 e. The Hall–Kier alpha value is -0.700. The SMILES string of the molecule is CC1=COC(C)(C(=O)Cl)N1. The van der Waals surface area contributed by atoms with Crippen LogP contribution in [0.2, 0.25) is 0 Å². The van der Waals surface area contributed by atoms with Crippen LogP contribution in [-0.4, -0.2) is 11.0 Å². The van der Waals surface area contributed by atoms with Gasteiger partial charge in [-0.05, 0) is 18.5 Å². The van der Waals surface area contributed by atoms with E-state index < -0.39 is 11.0 Å². The van der Waals surface area contributed by atoms with Gasteiger partial charge < -0.3 is 10.1 Å². The highest BCUT2D eigenvalue weighted by Gasteiger charge is 2.36. The lowest BCUT2D eigenvalue weighted by Gasteiger charge is -2.19. The summed E-state index contributed by atoms with van der Waals surface area (Å²) in [5, 5.41) is 2.25. The Balaban J connectivity index is 2.70. The van der Waals surface area contributed by atoms with Gasteiger partial charge in [0.25, 0.3) is 11.0 Å². The fourth-order valence-corrected chi connectivity index (χ4v) is 0.829. The van der Waals surface area contributed by atoms with Crippen LogP contribution in [0.1, 0.15) is 13.8 Å². The van der Waals surface area contributed by atoms with Crippen molar-refractivity contribution in [3.63, 3.8) is 0 Å². The number of ether oxygens (including phenoxy) is 1. The number of carbonyl (C=O) groups is 1. The summed E-state index contributed by atoms with van der Waals surface area (Å²) in [5.41, 5.74) is -0.248. The molecule has 1 unspecified atom stereocenters. The van der Waals surface area contributed by atoms with E-state index >= 15 is 0 Å². The van der Waals surface area contributed by atoms with Crippen LogP contribution in [0.5, 0.6) is 0 Å². The van der Waals surface area contributed by atoms with Gasteiger partial charge in [-0.25, -0.2) is 0 Å². The van der Waals surface area contributed by atoms with E-state index in [1.807, 2.05) is 0 Å². The zero-order chi connectivity index (χ0) is 7.78. The van der Waals surface area contributed by atoms with E-state index in [2.05, 4.69) is 5.32 Å². The average molecular weight is 162 g/mol. The van der Waals surface area contributed by atoms with Gasteiger partial charge in [-0.1, -0.05) is 0 Å². The van der Waals surface area contributed by atoms with Gasteiger partial charge >= 0.3 is 0 Å². The molecular weight excluding hydrogens is 154 g/mol. The van der Waals surface area contributed by atoms with Crippen LogP contribution >= 0.6 is 11.6 Å². The summed E-state index contributed by atoms with van der Waals surface area (Å²) in [6, 6.07) is 0. The molecular formula is C6H8ClNO2. The molecule has 1 aliphatic rings. The van der Waals surface area contributed by atoms with Gasteiger partial charge in [0, 0.05) is 12.6 Å². The van der Waals surface area contributed by atoms with E-state index in [1.165, 1.54) is 6.26 Å². The molecule has 0 saturated heterocycles. The normalized spacial score (nSPS) is 30.5. The van der Waals surface area contributed by atoms with Crippen molar-refractivity contribution in [2.45, 2.75) is 19.6 Å². The molecule has 0 fully saturated rings. The maximum atomic E-state index is 10.7. The van der Waals surface area contributed by atoms with E-state index in [9.17, 15) is 4.79 Å². The molecule has 1 N–H and O–H groups in total. The largest absolute Gasteiger partial charge is 0.465 e. The third kappa shape index (κ3) is 1.09. The Bertz CT molecular complexity index is 202. The highest BCUT2D eigenvalue weighted by Crippen LogP contribution is 2.19. The van der Waals surface area contributed by atoms with Crippen LogP contribution in [0.4, 0.5) is 0 Å². The van der Waals surface area contributed by atoms with Gasteiger partial charge in [0.1, 0.15) is 6.26 Å². The minimum absolute atomic E-state index is 0.541. The molecule has 10 heavy (non-hydrogen) atoms. The van der Waals surface area contributed by atoms with Crippen LogP contribution in [0.25, 0.3) is 0 Å². The second kappa shape index (κ2) is 2.16. The Kier molecular flexibility index (Phi) is 1.60. The number of allylic oxidation sites excluding steroid dienone is 1. The van der Waals surface area contributed by atoms with Crippen molar-refractivity contribution in [1.29, 1.82) is 0 Å². The Labute approximate surface area is 64.0 Å². The Morgan fingerprint density at radius 1 is 1.90 bits per heavy atom. The molecule has 1 heterocycles. The maximum Gasteiger partial charge on any atom is 0.286 e. The van der Waals surface area contributed by atoms with Crippen molar-refractivity contribution in [2.24, 2.45) is 0 Å². The minimum Gasteiger partial charge on any atom is -0.465 e. The summed E-state index contributed by atoms with van der Waals surface area (Å²) >= 11 is 5.23. The van der Waals surface area contributed by atoms with Crippen molar-refractivity contribution in [3.05, 3.63) is 12.0 Å². The molecule has 1 rings (SSSR count). The monoisotopic (exact) mass is 161 g/mol. The lowest BCUT2D eigenvalue weighted by atomic mass is 10.3. The van der Waals surface area contributed by atoms with E-state index in [0.717, 1.165) is 5.70 Å². The average Bonchev–Trinajstić information content (AvgIpc) is 2.13. The number of halogens is 1.